The Bertz CT molecular complexity index is 1090. The van der Waals surface area contributed by atoms with Gasteiger partial charge in [-0.25, -0.2) is 17.6 Å². The fraction of sp³-hybridized carbons (Fsp3) is 0.567. The summed E-state index contributed by atoms with van der Waals surface area (Å²) >= 11 is 0. The van der Waals surface area contributed by atoms with Gasteiger partial charge in [0.1, 0.15) is 11.6 Å². The van der Waals surface area contributed by atoms with Crippen LogP contribution in [0.15, 0.2) is 36.4 Å². The monoisotopic (exact) mass is 533 g/mol. The minimum Gasteiger partial charge on any atom is -0.369 e. The second-order valence-corrected chi connectivity index (χ2v) is 11.2. The maximum Gasteiger partial charge on any atom is 0.249 e. The third kappa shape index (κ3) is 7.56. The maximum atomic E-state index is 13.5. The molecule has 1 saturated heterocycles. The number of benzene rings is 2. The molecule has 3 fully saturated rings. The highest BCUT2D eigenvalue weighted by molar-refractivity contribution is 5.79. The van der Waals surface area contributed by atoms with Crippen LogP contribution < -0.4 is 5.73 Å². The summed E-state index contributed by atoms with van der Waals surface area (Å²) in [5, 5.41) is 0. The molecule has 1 unspecified atom stereocenters. The average molecular weight is 534 g/mol. The van der Waals surface area contributed by atoms with E-state index in [0.29, 0.717) is 23.9 Å². The highest BCUT2D eigenvalue weighted by Crippen LogP contribution is 2.46. The number of halogens is 4. The van der Waals surface area contributed by atoms with Crippen LogP contribution in [0.5, 0.6) is 0 Å². The third-order valence-electron chi connectivity index (χ3n) is 7.93. The number of carbonyl (C=O) groups excluding carboxylic acids is 1. The van der Waals surface area contributed by atoms with Crippen LogP contribution in [0.3, 0.4) is 0 Å². The minimum atomic E-state index is -2.42. The van der Waals surface area contributed by atoms with Crippen molar-refractivity contribution in [1.29, 1.82) is 0 Å². The molecule has 208 valence electrons. The molecule has 0 radical (unpaired) electrons. The van der Waals surface area contributed by atoms with Gasteiger partial charge in [-0.1, -0.05) is 18.2 Å². The van der Waals surface area contributed by atoms with Crippen molar-refractivity contribution >= 4 is 5.91 Å². The smallest absolute Gasteiger partial charge is 0.249 e. The van der Waals surface area contributed by atoms with Gasteiger partial charge in [-0.2, -0.15) is 0 Å². The number of nitrogens with two attached hydrogens (primary N) is 1. The van der Waals surface area contributed by atoms with Crippen LogP contribution in [0.2, 0.25) is 0 Å². The van der Waals surface area contributed by atoms with Crippen LogP contribution in [0.25, 0.3) is 11.1 Å². The van der Waals surface area contributed by atoms with Crippen molar-refractivity contribution in [3.8, 4) is 11.1 Å². The van der Waals surface area contributed by atoms with E-state index >= 15 is 0 Å². The summed E-state index contributed by atoms with van der Waals surface area (Å²) in [5.74, 6) is -3.68. The number of piperazine rings is 1. The zero-order valence-electron chi connectivity index (χ0n) is 22.4. The summed E-state index contributed by atoms with van der Waals surface area (Å²) in [4.78, 5) is 15.9. The number of nitrogens with zero attached hydrogens (tertiary/aromatic N) is 2. The molecule has 38 heavy (non-hydrogen) atoms. The maximum absolute atomic E-state index is 13.5. The van der Waals surface area contributed by atoms with Crippen LogP contribution in [0.4, 0.5) is 17.6 Å². The molecule has 3 aliphatic rings. The van der Waals surface area contributed by atoms with Gasteiger partial charge in [0.25, 0.3) is 0 Å². The van der Waals surface area contributed by atoms with E-state index in [1.54, 1.807) is 6.07 Å². The molecule has 2 aliphatic carbocycles. The molecule has 8 heteroatoms. The molecule has 2 aromatic rings. The lowest BCUT2D eigenvalue weighted by molar-refractivity contribution is -0.117. The summed E-state index contributed by atoms with van der Waals surface area (Å²) in [5.41, 5.74) is 8.43. The molecular formula is C30H39F4N3O. The Morgan fingerprint density at radius 1 is 1.03 bits per heavy atom. The van der Waals surface area contributed by atoms with Gasteiger partial charge < -0.3 is 5.73 Å². The molecule has 2 saturated carbocycles. The van der Waals surface area contributed by atoms with Crippen molar-refractivity contribution < 1.29 is 22.4 Å². The fourth-order valence-corrected chi connectivity index (χ4v) is 5.85. The number of rotatable bonds is 6. The Balaban J connectivity index is 0.000000181. The molecule has 1 aliphatic heterocycles. The number of carbonyl (C=O) groups is 1. The van der Waals surface area contributed by atoms with Crippen LogP contribution in [-0.4, -0.2) is 59.9 Å². The standard InChI is InChI=1S/C17H15F2NO.C13H24F2N2/c18-13-6-12(7-14(19)9-13)15-3-1-2-11(8-16(20)21)17(15)10-4-5-10;1-11(2)16-6-8-17(9-7-16)12-4-3-5-13(14,15)10-12/h1-3,6-7,9-10H,4-5,8H2,(H2,20,21);11-12H,3-10H2,1-2H3. The van der Waals surface area contributed by atoms with Crippen LogP contribution in [0.1, 0.15) is 69.4 Å². The van der Waals surface area contributed by atoms with Gasteiger partial charge in [0.05, 0.1) is 6.42 Å². The van der Waals surface area contributed by atoms with E-state index in [1.807, 2.05) is 12.1 Å². The van der Waals surface area contributed by atoms with E-state index in [2.05, 4.69) is 23.6 Å². The second-order valence-electron chi connectivity index (χ2n) is 11.2. The van der Waals surface area contributed by atoms with Gasteiger partial charge in [0, 0.05) is 57.2 Å². The Morgan fingerprint density at radius 3 is 2.24 bits per heavy atom. The third-order valence-corrected chi connectivity index (χ3v) is 7.93. The lowest BCUT2D eigenvalue weighted by Crippen LogP contribution is -2.53. The topological polar surface area (TPSA) is 49.6 Å². The Kier molecular flexibility index (Phi) is 9.14. The molecule has 2 aromatic carbocycles. The van der Waals surface area contributed by atoms with Crippen molar-refractivity contribution in [2.24, 2.45) is 5.73 Å². The van der Waals surface area contributed by atoms with Crippen molar-refractivity contribution in [3.05, 3.63) is 59.2 Å². The summed E-state index contributed by atoms with van der Waals surface area (Å²) in [6.07, 6.45) is 4.02. The van der Waals surface area contributed by atoms with E-state index < -0.39 is 23.5 Å². The van der Waals surface area contributed by atoms with E-state index in [9.17, 15) is 22.4 Å². The predicted molar refractivity (Wildman–Crippen MR) is 142 cm³/mol. The Morgan fingerprint density at radius 2 is 1.68 bits per heavy atom. The first-order valence-electron chi connectivity index (χ1n) is 13.7. The summed E-state index contributed by atoms with van der Waals surface area (Å²) in [6.45, 7) is 8.37. The number of alkyl halides is 2. The first-order valence-corrected chi connectivity index (χ1v) is 13.7. The molecule has 1 heterocycles. The van der Waals surface area contributed by atoms with Crippen molar-refractivity contribution in [2.45, 2.75) is 82.7 Å². The summed E-state index contributed by atoms with van der Waals surface area (Å²) in [6, 6.07) is 9.68. The normalized spacial score (nSPS) is 22.1. The first kappa shape index (κ1) is 28.6. The van der Waals surface area contributed by atoms with Gasteiger partial charge >= 0.3 is 0 Å². The van der Waals surface area contributed by atoms with E-state index in [4.69, 9.17) is 5.73 Å². The molecule has 1 amide bonds. The molecular weight excluding hydrogens is 494 g/mol. The lowest BCUT2D eigenvalue weighted by Gasteiger charge is -2.43. The number of hydrogen-bond donors (Lipinski definition) is 1. The Hall–Kier alpha value is -2.45. The number of hydrogen-bond acceptors (Lipinski definition) is 3. The molecule has 0 bridgehead atoms. The summed E-state index contributed by atoms with van der Waals surface area (Å²) in [7, 11) is 0. The van der Waals surface area contributed by atoms with E-state index in [1.165, 1.54) is 12.1 Å². The highest BCUT2D eigenvalue weighted by Gasteiger charge is 2.39. The van der Waals surface area contributed by atoms with Crippen LogP contribution >= 0.6 is 0 Å². The molecule has 1 atom stereocenters. The highest BCUT2D eigenvalue weighted by atomic mass is 19.3. The number of primary amides is 1. The Labute approximate surface area is 223 Å². The first-order chi connectivity index (χ1) is 18.0. The molecule has 2 N–H and O–H groups in total. The van der Waals surface area contributed by atoms with Gasteiger partial charge in [-0.3, -0.25) is 14.6 Å². The van der Waals surface area contributed by atoms with Gasteiger partial charge in [0.2, 0.25) is 11.8 Å². The second kappa shape index (κ2) is 12.2. The largest absolute Gasteiger partial charge is 0.369 e. The van der Waals surface area contributed by atoms with Crippen LogP contribution in [-0.2, 0) is 11.2 Å². The molecule has 0 aromatic heterocycles. The number of amides is 1. The molecule has 5 rings (SSSR count). The zero-order chi connectivity index (χ0) is 27.4. The van der Waals surface area contributed by atoms with Crippen LogP contribution in [0, 0.1) is 11.6 Å². The molecule has 4 nitrogen and oxygen atoms in total. The van der Waals surface area contributed by atoms with E-state index in [0.717, 1.165) is 68.2 Å². The summed E-state index contributed by atoms with van der Waals surface area (Å²) < 4.78 is 53.7. The quantitative estimate of drug-likeness (QED) is 0.455. The fourth-order valence-electron chi connectivity index (χ4n) is 5.85. The van der Waals surface area contributed by atoms with E-state index in [-0.39, 0.29) is 25.3 Å². The average Bonchev–Trinajstić information content (AvgIpc) is 3.68. The predicted octanol–water partition coefficient (Wildman–Crippen LogP) is 6.13. The lowest BCUT2D eigenvalue weighted by atomic mass is 9.90. The minimum absolute atomic E-state index is 0.0781. The van der Waals surface area contributed by atoms with Crippen molar-refractivity contribution in [1.82, 2.24) is 9.80 Å². The van der Waals surface area contributed by atoms with Gasteiger partial charge in [0.15, 0.2) is 0 Å². The van der Waals surface area contributed by atoms with Gasteiger partial charge in [-0.05, 0) is 79.8 Å². The van der Waals surface area contributed by atoms with Crippen molar-refractivity contribution in [3.63, 3.8) is 0 Å². The van der Waals surface area contributed by atoms with Gasteiger partial charge in [-0.15, -0.1) is 0 Å². The zero-order valence-corrected chi connectivity index (χ0v) is 22.4. The SMILES string of the molecule is CC(C)N1CCN(C2CCCC(F)(F)C2)CC1.NC(=O)Cc1cccc(-c2cc(F)cc(F)c2)c1C1CC1. The molecule has 0 spiro atoms. The van der Waals surface area contributed by atoms with Crippen molar-refractivity contribution in [2.75, 3.05) is 26.2 Å².